The van der Waals surface area contributed by atoms with Crippen molar-refractivity contribution in [2.45, 2.75) is 38.4 Å². The van der Waals surface area contributed by atoms with Crippen LogP contribution in [0.4, 0.5) is 4.39 Å². The summed E-state index contributed by atoms with van der Waals surface area (Å²) in [5.41, 5.74) is 9.40. The molecular weight excluding hydrogens is 237 g/mol. The van der Waals surface area contributed by atoms with Crippen molar-refractivity contribution >= 4 is 23.7 Å². The lowest BCUT2D eigenvalue weighted by Gasteiger charge is -2.21. The average Bonchev–Trinajstić information content (AvgIpc) is 2.14. The van der Waals surface area contributed by atoms with E-state index >= 15 is 0 Å². The van der Waals surface area contributed by atoms with E-state index in [-0.39, 0.29) is 19.4 Å². The Balaban J connectivity index is 4.08. The molecule has 0 fully saturated rings. The molecule has 16 heavy (non-hydrogen) atoms. The number of alkyl halides is 1. The topological polar surface area (TPSA) is 90.7 Å². The van der Waals surface area contributed by atoms with Crippen LogP contribution in [0.2, 0.25) is 0 Å². The molecule has 0 bridgehead atoms. The van der Waals surface area contributed by atoms with Gasteiger partial charge < -0.3 is 15.8 Å². The average molecular weight is 254 g/mol. The molecule has 94 valence electrons. The molecule has 0 saturated carbocycles. The number of halogens is 2. The van der Waals surface area contributed by atoms with Gasteiger partial charge in [-0.1, -0.05) is 0 Å². The van der Waals surface area contributed by atoms with E-state index < -0.39 is 17.7 Å². The Bertz CT molecular complexity index is 267. The van der Waals surface area contributed by atoms with Gasteiger partial charge >= 0.3 is 5.97 Å². The Kier molecular flexibility index (Phi) is 6.28. The number of rotatable bonds is 6. The molecule has 4 N–H and O–H groups in total. The van der Waals surface area contributed by atoms with Crippen molar-refractivity contribution in [3.63, 3.8) is 0 Å². The highest BCUT2D eigenvalue weighted by Gasteiger charge is 2.33. The lowest BCUT2D eigenvalue weighted by Crippen LogP contribution is -2.47. The molecule has 0 spiro atoms. The molecule has 0 aliphatic carbocycles. The lowest BCUT2D eigenvalue weighted by molar-refractivity contribution is -0.140. The third-order valence-corrected chi connectivity index (χ3v) is 2.13. The fourth-order valence-electron chi connectivity index (χ4n) is 1.11. The Morgan fingerprint density at radius 3 is 2.69 bits per heavy atom. The van der Waals surface area contributed by atoms with Crippen LogP contribution in [0.5, 0.6) is 0 Å². The highest BCUT2D eigenvalue weighted by molar-refractivity contribution is 6.14. The molecule has 0 amide bonds. The second-order valence-corrected chi connectivity index (χ2v) is 4.05. The first-order valence-electron chi connectivity index (χ1n) is 4.82. The maximum Gasteiger partial charge on any atom is 0.344 e. The summed E-state index contributed by atoms with van der Waals surface area (Å²) in [4.78, 5) is 14.9. The smallest absolute Gasteiger partial charge is 0.344 e. The van der Waals surface area contributed by atoms with Crippen LogP contribution < -0.4 is 11.5 Å². The first kappa shape index (κ1) is 15.1. The summed E-state index contributed by atoms with van der Waals surface area (Å²) < 4.78 is 17.4. The molecule has 0 aromatic heterocycles. The highest BCUT2D eigenvalue weighted by Crippen LogP contribution is 2.16. The molecule has 0 radical (unpaired) electrons. The summed E-state index contributed by atoms with van der Waals surface area (Å²) in [6, 6.07) is 0. The van der Waals surface area contributed by atoms with Crippen molar-refractivity contribution in [3.05, 3.63) is 0 Å². The molecule has 0 unspecified atom stereocenters. The number of amidine groups is 1. The van der Waals surface area contributed by atoms with Crippen LogP contribution in [0.25, 0.3) is 0 Å². The van der Waals surface area contributed by atoms with Crippen molar-refractivity contribution in [2.75, 3.05) is 6.54 Å². The second-order valence-electron chi connectivity index (χ2n) is 3.90. The van der Waals surface area contributed by atoms with E-state index in [4.69, 9.17) is 23.3 Å². The zero-order chi connectivity index (χ0) is 12.8. The maximum atomic E-state index is 13.4. The van der Waals surface area contributed by atoms with Crippen molar-refractivity contribution in [1.29, 1.82) is 0 Å². The molecule has 0 aliphatic rings. The van der Waals surface area contributed by atoms with E-state index in [1.165, 1.54) is 6.92 Å². The first-order valence-corrected chi connectivity index (χ1v) is 5.13. The number of carbonyl (C=O) groups excluding carboxylic acids is 1. The molecule has 0 rings (SSSR count). The summed E-state index contributed by atoms with van der Waals surface area (Å²) in [5, 5.41) is 0. The summed E-state index contributed by atoms with van der Waals surface area (Å²) in [7, 11) is 0. The summed E-state index contributed by atoms with van der Waals surface area (Å²) in [6.45, 7) is 3.24. The van der Waals surface area contributed by atoms with Gasteiger partial charge in [0.05, 0.1) is 5.84 Å². The van der Waals surface area contributed by atoms with E-state index in [1.54, 1.807) is 6.92 Å². The van der Waals surface area contributed by atoms with Crippen LogP contribution >= 0.6 is 11.9 Å². The van der Waals surface area contributed by atoms with E-state index in [0.29, 0.717) is 5.84 Å². The number of hydrogen-bond donors (Lipinski definition) is 2. The van der Waals surface area contributed by atoms with Gasteiger partial charge in [0.1, 0.15) is 23.6 Å². The fourth-order valence-corrected chi connectivity index (χ4v) is 1.29. The van der Waals surface area contributed by atoms with Crippen molar-refractivity contribution in [2.24, 2.45) is 16.5 Å². The predicted molar refractivity (Wildman–Crippen MR) is 60.8 cm³/mol. The van der Waals surface area contributed by atoms with Gasteiger partial charge in [0.15, 0.2) is 0 Å². The summed E-state index contributed by atoms with van der Waals surface area (Å²) in [6.07, 6.45) is -1.27. The minimum atomic E-state index is -1.43. The quantitative estimate of drug-likeness (QED) is 0.543. The molecule has 5 nitrogen and oxygen atoms in total. The molecule has 0 aromatic carbocycles. The number of aliphatic imine (C=N–C) groups is 1. The largest absolute Gasteiger partial charge is 0.388 e. The van der Waals surface area contributed by atoms with E-state index in [1.807, 2.05) is 0 Å². The Morgan fingerprint density at radius 2 is 2.25 bits per heavy atom. The zero-order valence-electron chi connectivity index (χ0n) is 9.37. The number of nitrogens with two attached hydrogens (primary N) is 2. The van der Waals surface area contributed by atoms with Gasteiger partial charge in [-0.3, -0.25) is 4.99 Å². The van der Waals surface area contributed by atoms with Gasteiger partial charge in [-0.05, 0) is 20.3 Å². The minimum Gasteiger partial charge on any atom is -0.388 e. The Hall–Kier alpha value is -0.880. The first-order chi connectivity index (χ1) is 7.29. The van der Waals surface area contributed by atoms with E-state index in [9.17, 15) is 9.18 Å². The SMILES string of the molecule is CC(N)=NCC[C@H](F)C[C@](C)(N)C(=O)OCl. The predicted octanol–water partition coefficient (Wildman–Crippen LogP) is 0.896. The number of hydrogen-bond acceptors (Lipinski definition) is 4. The second kappa shape index (κ2) is 6.65. The maximum absolute atomic E-state index is 13.4. The van der Waals surface area contributed by atoms with E-state index in [0.717, 1.165) is 0 Å². The highest BCUT2D eigenvalue weighted by atomic mass is 35.5. The van der Waals surface area contributed by atoms with Crippen LogP contribution in [0.3, 0.4) is 0 Å². The number of carbonyl (C=O) groups is 1. The van der Waals surface area contributed by atoms with Crippen LogP contribution in [-0.4, -0.2) is 30.1 Å². The van der Waals surface area contributed by atoms with Gasteiger partial charge in [-0.15, -0.1) is 0 Å². The molecule has 0 heterocycles. The molecule has 7 heteroatoms. The van der Waals surface area contributed by atoms with Crippen molar-refractivity contribution in [3.8, 4) is 0 Å². The summed E-state index contributed by atoms with van der Waals surface area (Å²) in [5.74, 6) is -0.460. The van der Waals surface area contributed by atoms with Gasteiger partial charge in [0.25, 0.3) is 0 Å². The van der Waals surface area contributed by atoms with Crippen molar-refractivity contribution < 1.29 is 13.5 Å². The standard InChI is InChI=1S/C9H17ClFN3O2/c1-6(12)14-4-3-7(11)5-9(2,13)8(15)16-10/h7H,3-5,13H2,1-2H3,(H2,12,14)/t7-,9-/m0/s1. The van der Waals surface area contributed by atoms with E-state index in [2.05, 4.69) is 9.28 Å². The van der Waals surface area contributed by atoms with Crippen LogP contribution in [-0.2, 0) is 9.08 Å². The Morgan fingerprint density at radius 1 is 1.69 bits per heavy atom. The monoisotopic (exact) mass is 253 g/mol. The van der Waals surface area contributed by atoms with Gasteiger partial charge in [-0.25, -0.2) is 9.18 Å². The third kappa shape index (κ3) is 5.87. The molecule has 0 saturated heterocycles. The zero-order valence-corrected chi connectivity index (χ0v) is 10.1. The van der Waals surface area contributed by atoms with Gasteiger partial charge in [0.2, 0.25) is 0 Å². The third-order valence-electron chi connectivity index (χ3n) is 1.99. The Labute approximate surface area is 99.2 Å². The van der Waals surface area contributed by atoms with Gasteiger partial charge in [0, 0.05) is 13.0 Å². The fraction of sp³-hybridized carbons (Fsp3) is 0.778. The van der Waals surface area contributed by atoms with Gasteiger partial charge in [-0.2, -0.15) is 0 Å². The molecule has 0 aromatic rings. The van der Waals surface area contributed by atoms with Crippen LogP contribution in [0.15, 0.2) is 4.99 Å². The lowest BCUT2D eigenvalue weighted by atomic mass is 9.95. The minimum absolute atomic E-state index is 0.150. The summed E-state index contributed by atoms with van der Waals surface area (Å²) >= 11 is 4.88. The van der Waals surface area contributed by atoms with Crippen LogP contribution in [0.1, 0.15) is 26.7 Å². The molecule has 0 aliphatic heterocycles. The normalized spacial score (nSPS) is 17.7. The van der Waals surface area contributed by atoms with Crippen molar-refractivity contribution in [1.82, 2.24) is 0 Å². The molecular formula is C9H17ClFN3O2. The molecule has 2 atom stereocenters. The number of nitrogens with zero attached hydrogens (tertiary/aromatic N) is 1. The van der Waals surface area contributed by atoms with Crippen LogP contribution in [0, 0.1) is 0 Å².